The second-order valence-electron chi connectivity index (χ2n) is 4.79. The third-order valence-corrected chi connectivity index (χ3v) is 8.26. The maximum absolute atomic E-state index is 4.14. The summed E-state index contributed by atoms with van der Waals surface area (Å²) in [6.45, 7) is 17.5. The van der Waals surface area contributed by atoms with Crippen LogP contribution in [0.15, 0.2) is 5.10 Å². The van der Waals surface area contributed by atoms with E-state index < -0.39 is 16.5 Å². The van der Waals surface area contributed by atoms with Crippen molar-refractivity contribution in [1.29, 1.82) is 0 Å². The molecule has 0 unspecified atom stereocenters. The van der Waals surface area contributed by atoms with Gasteiger partial charge in [0.25, 0.3) is 0 Å². The van der Waals surface area contributed by atoms with E-state index >= 15 is 0 Å². The van der Waals surface area contributed by atoms with Crippen LogP contribution < -0.4 is 0 Å². The lowest BCUT2D eigenvalue weighted by atomic mass is 11.7. The van der Waals surface area contributed by atoms with Gasteiger partial charge in [-0.3, -0.25) is 0 Å². The summed E-state index contributed by atoms with van der Waals surface area (Å²) in [4.78, 5) is 0. The highest BCUT2D eigenvalue weighted by Gasteiger charge is 2.32. The Bertz CT molecular complexity index is 130. The van der Waals surface area contributed by atoms with E-state index in [-0.39, 0.29) is 0 Å². The molecule has 11 heavy (non-hydrogen) atoms. The fourth-order valence-electron chi connectivity index (χ4n) is 1.43. The van der Waals surface area contributed by atoms with E-state index in [1.54, 1.807) is 0 Å². The lowest BCUT2D eigenvalue weighted by Gasteiger charge is -2.40. The molecule has 0 aliphatic carbocycles. The lowest BCUT2D eigenvalue weighted by molar-refractivity contribution is 0.674. The fourth-order valence-corrected chi connectivity index (χ4v) is 10.3. The van der Waals surface area contributed by atoms with Gasteiger partial charge in [0, 0.05) is 6.72 Å². The van der Waals surface area contributed by atoms with Gasteiger partial charge in [-0.25, -0.2) is 5.10 Å². The third-order valence-electron chi connectivity index (χ3n) is 1.41. The van der Waals surface area contributed by atoms with E-state index in [1.807, 2.05) is 0 Å². The molecule has 0 aromatic carbocycles. The van der Waals surface area contributed by atoms with Crippen LogP contribution in [0.4, 0.5) is 0 Å². The zero-order valence-electron chi connectivity index (χ0n) is 8.60. The molecule has 0 N–H and O–H groups in total. The van der Waals surface area contributed by atoms with Crippen LogP contribution in [0.25, 0.3) is 0 Å². The van der Waals surface area contributed by atoms with Crippen molar-refractivity contribution in [1.82, 2.24) is 4.34 Å². The van der Waals surface area contributed by atoms with Gasteiger partial charge in [-0.15, -0.1) is 0 Å². The predicted molar refractivity (Wildman–Crippen MR) is 58.1 cm³/mol. The lowest BCUT2D eigenvalue weighted by Crippen LogP contribution is -2.55. The van der Waals surface area contributed by atoms with Crippen LogP contribution in [-0.2, 0) is 0 Å². The molecule has 0 bridgehead atoms. The normalized spacial score (nSPS) is 12.9. The Morgan fingerprint density at radius 2 is 1.18 bits per heavy atom. The Morgan fingerprint density at radius 3 is 1.18 bits per heavy atom. The fraction of sp³-hybridized carbons (Fsp3) is 0.857. The van der Waals surface area contributed by atoms with Crippen molar-refractivity contribution >= 4 is 23.2 Å². The molecule has 0 radical (unpaired) electrons. The summed E-state index contributed by atoms with van der Waals surface area (Å²) in [5.41, 5.74) is 0. The standard InChI is InChI=1S/C7H20N2Si2/c1-8-9(10(2,3)4)11(5,6)7/h1H2,2-7H3. The first-order valence-corrected chi connectivity index (χ1v) is 10.9. The van der Waals surface area contributed by atoms with Gasteiger partial charge in [0.1, 0.15) is 0 Å². The number of hydrogen-bond donors (Lipinski definition) is 0. The number of hydrogen-bond acceptors (Lipinski definition) is 2. The van der Waals surface area contributed by atoms with E-state index in [9.17, 15) is 0 Å². The van der Waals surface area contributed by atoms with Crippen LogP contribution >= 0.6 is 0 Å². The molecule has 0 rings (SSSR count). The number of rotatable bonds is 3. The van der Waals surface area contributed by atoms with E-state index in [2.05, 4.69) is 55.4 Å². The average Bonchev–Trinajstić information content (AvgIpc) is 1.56. The van der Waals surface area contributed by atoms with Crippen LogP contribution in [0.3, 0.4) is 0 Å². The second-order valence-corrected chi connectivity index (χ2v) is 14.8. The summed E-state index contributed by atoms with van der Waals surface area (Å²) in [5.74, 6) is 0. The Morgan fingerprint density at radius 1 is 0.909 bits per heavy atom. The average molecular weight is 188 g/mol. The summed E-state index contributed by atoms with van der Waals surface area (Å²) in [6, 6.07) is 0. The molecule has 0 saturated heterocycles. The van der Waals surface area contributed by atoms with Gasteiger partial charge in [-0.2, -0.15) is 0 Å². The minimum absolute atomic E-state index is 1.26. The molecule has 0 aromatic rings. The highest BCUT2D eigenvalue weighted by atomic mass is 28.4. The van der Waals surface area contributed by atoms with E-state index in [4.69, 9.17) is 0 Å². The quantitative estimate of drug-likeness (QED) is 0.378. The largest absolute Gasteiger partial charge is 0.350 e. The molecule has 66 valence electrons. The van der Waals surface area contributed by atoms with Gasteiger partial charge in [0.2, 0.25) is 0 Å². The Kier molecular flexibility index (Phi) is 3.08. The highest BCUT2D eigenvalue weighted by molar-refractivity contribution is 6.89. The van der Waals surface area contributed by atoms with Crippen LogP contribution in [0.2, 0.25) is 39.3 Å². The minimum Gasteiger partial charge on any atom is -0.350 e. The molecule has 0 atom stereocenters. The van der Waals surface area contributed by atoms with Gasteiger partial charge in [-0.1, -0.05) is 39.3 Å². The van der Waals surface area contributed by atoms with E-state index in [0.717, 1.165) is 0 Å². The molecule has 0 fully saturated rings. The predicted octanol–water partition coefficient (Wildman–Crippen LogP) is 2.57. The molecule has 0 amide bonds. The van der Waals surface area contributed by atoms with Crippen LogP contribution in [0, 0.1) is 0 Å². The zero-order valence-corrected chi connectivity index (χ0v) is 10.6. The SMILES string of the molecule is C=NN([Si](C)(C)C)[Si](C)(C)C. The first kappa shape index (κ1) is 10.9. The molecule has 0 aromatic heterocycles. The van der Waals surface area contributed by atoms with Crippen molar-refractivity contribution in [3.8, 4) is 0 Å². The highest BCUT2D eigenvalue weighted by Crippen LogP contribution is 2.18. The van der Waals surface area contributed by atoms with Crippen molar-refractivity contribution < 1.29 is 0 Å². The van der Waals surface area contributed by atoms with E-state index in [0.29, 0.717) is 0 Å². The number of nitrogens with zero attached hydrogens (tertiary/aromatic N) is 2. The molecular formula is C7H20N2Si2. The summed E-state index contributed by atoms with van der Waals surface area (Å²) >= 11 is 0. The van der Waals surface area contributed by atoms with Gasteiger partial charge in [0.05, 0.1) is 0 Å². The monoisotopic (exact) mass is 188 g/mol. The van der Waals surface area contributed by atoms with Crippen molar-refractivity contribution in [3.05, 3.63) is 0 Å². The van der Waals surface area contributed by atoms with Gasteiger partial charge < -0.3 is 4.34 Å². The van der Waals surface area contributed by atoms with Crippen LogP contribution in [0.1, 0.15) is 0 Å². The van der Waals surface area contributed by atoms with Gasteiger partial charge in [0.15, 0.2) is 16.5 Å². The number of hydrazone groups is 1. The third kappa shape index (κ3) is 3.20. The Balaban J connectivity index is 4.56. The summed E-state index contributed by atoms with van der Waals surface area (Å²) in [6.07, 6.45) is 0. The Hall–Kier alpha value is -0.0962. The first-order valence-electron chi connectivity index (χ1n) is 3.96. The smallest absolute Gasteiger partial charge is 0.158 e. The van der Waals surface area contributed by atoms with Crippen LogP contribution in [0.5, 0.6) is 0 Å². The molecule has 0 aliphatic rings. The van der Waals surface area contributed by atoms with E-state index in [1.165, 1.54) is 0 Å². The molecule has 0 saturated carbocycles. The zero-order chi connectivity index (χ0) is 9.28. The van der Waals surface area contributed by atoms with Crippen molar-refractivity contribution in [3.63, 3.8) is 0 Å². The topological polar surface area (TPSA) is 15.6 Å². The summed E-state index contributed by atoms with van der Waals surface area (Å²) in [7, 11) is -2.51. The molecule has 4 heteroatoms. The van der Waals surface area contributed by atoms with Gasteiger partial charge in [-0.05, 0) is 0 Å². The molecular weight excluding hydrogens is 168 g/mol. The van der Waals surface area contributed by atoms with Crippen molar-refractivity contribution in [2.75, 3.05) is 0 Å². The van der Waals surface area contributed by atoms with Crippen LogP contribution in [-0.4, -0.2) is 27.5 Å². The first-order chi connectivity index (χ1) is 4.69. The summed E-state index contributed by atoms with van der Waals surface area (Å²) in [5, 5.41) is 4.14. The second kappa shape index (κ2) is 3.10. The molecule has 0 heterocycles. The van der Waals surface area contributed by atoms with Crippen molar-refractivity contribution in [2.24, 2.45) is 5.10 Å². The minimum atomic E-state index is -1.26. The Labute approximate surface area is 72.5 Å². The maximum atomic E-state index is 4.14. The summed E-state index contributed by atoms with van der Waals surface area (Å²) < 4.78 is 2.29. The molecule has 0 aliphatic heterocycles. The maximum Gasteiger partial charge on any atom is 0.158 e. The van der Waals surface area contributed by atoms with Crippen molar-refractivity contribution in [2.45, 2.75) is 39.3 Å². The van der Waals surface area contributed by atoms with Gasteiger partial charge >= 0.3 is 0 Å². The molecule has 2 nitrogen and oxygen atoms in total. The molecule has 0 spiro atoms.